The molecule has 0 bridgehead atoms. The van der Waals surface area contributed by atoms with Crippen LogP contribution in [0.3, 0.4) is 0 Å². The number of methoxy groups -OCH3 is 1. The number of carbonyl (C=O) groups excluding carboxylic acids is 1. The molecule has 1 heterocycles. The lowest BCUT2D eigenvalue weighted by Gasteiger charge is -2.25. The Morgan fingerprint density at radius 1 is 1.43 bits per heavy atom. The van der Waals surface area contributed by atoms with Crippen LogP contribution in [-0.2, 0) is 9.53 Å². The zero-order chi connectivity index (χ0) is 17.0. The number of aliphatic carboxylic acids is 1. The molecule has 0 aliphatic rings. The van der Waals surface area contributed by atoms with Crippen LogP contribution in [0.15, 0.2) is 36.7 Å². The van der Waals surface area contributed by atoms with Gasteiger partial charge in [-0.1, -0.05) is 0 Å². The number of nitrogens with zero attached hydrogens (tertiary/aromatic N) is 2. The highest BCUT2D eigenvalue weighted by molar-refractivity contribution is 5.98. The number of nitrogens with one attached hydrogen (secondary N) is 1. The summed E-state index contributed by atoms with van der Waals surface area (Å²) in [6.45, 7) is 3.14. The summed E-state index contributed by atoms with van der Waals surface area (Å²) in [5, 5.41) is 15.9. The number of aromatic nitrogens is 2. The monoisotopic (exact) mass is 317 g/mol. The van der Waals surface area contributed by atoms with Crippen molar-refractivity contribution in [3.8, 4) is 5.69 Å². The van der Waals surface area contributed by atoms with E-state index in [-0.39, 0.29) is 6.61 Å². The molecule has 122 valence electrons. The summed E-state index contributed by atoms with van der Waals surface area (Å²) >= 11 is 0. The van der Waals surface area contributed by atoms with E-state index in [1.807, 2.05) is 19.2 Å². The van der Waals surface area contributed by atoms with Gasteiger partial charge in [0.15, 0.2) is 5.54 Å². The summed E-state index contributed by atoms with van der Waals surface area (Å²) in [5.74, 6) is -1.63. The Kier molecular flexibility index (Phi) is 4.80. The van der Waals surface area contributed by atoms with Crippen LogP contribution >= 0.6 is 0 Å². The van der Waals surface area contributed by atoms with E-state index in [0.29, 0.717) is 5.56 Å². The normalized spacial score (nSPS) is 13.3. The Labute approximate surface area is 133 Å². The fourth-order valence-corrected chi connectivity index (χ4v) is 2.23. The molecular weight excluding hydrogens is 298 g/mol. The van der Waals surface area contributed by atoms with Crippen LogP contribution in [0, 0.1) is 6.92 Å². The molecule has 0 fully saturated rings. The summed E-state index contributed by atoms with van der Waals surface area (Å²) < 4.78 is 6.59. The van der Waals surface area contributed by atoms with Crippen molar-refractivity contribution in [1.82, 2.24) is 15.1 Å². The third-order valence-electron chi connectivity index (χ3n) is 3.50. The number of aryl methyl sites for hydroxylation is 1. The quantitative estimate of drug-likeness (QED) is 0.840. The minimum atomic E-state index is -1.49. The van der Waals surface area contributed by atoms with E-state index in [0.717, 1.165) is 11.3 Å². The van der Waals surface area contributed by atoms with Gasteiger partial charge in [-0.25, -0.2) is 9.48 Å². The van der Waals surface area contributed by atoms with E-state index >= 15 is 0 Å². The number of ether oxygens (including phenoxy) is 1. The van der Waals surface area contributed by atoms with Crippen molar-refractivity contribution in [3.05, 3.63) is 47.8 Å². The summed E-state index contributed by atoms with van der Waals surface area (Å²) in [5.41, 5.74) is 0.594. The maximum atomic E-state index is 12.3. The first-order valence-corrected chi connectivity index (χ1v) is 7.03. The van der Waals surface area contributed by atoms with Crippen LogP contribution in [0.2, 0.25) is 0 Å². The van der Waals surface area contributed by atoms with E-state index in [9.17, 15) is 14.7 Å². The van der Waals surface area contributed by atoms with Gasteiger partial charge < -0.3 is 15.2 Å². The molecule has 7 heteroatoms. The van der Waals surface area contributed by atoms with E-state index in [4.69, 9.17) is 4.74 Å². The average Bonchev–Trinajstić information content (AvgIpc) is 3.01. The zero-order valence-corrected chi connectivity index (χ0v) is 13.2. The van der Waals surface area contributed by atoms with Gasteiger partial charge in [-0.3, -0.25) is 4.79 Å². The number of amides is 1. The van der Waals surface area contributed by atoms with Gasteiger partial charge >= 0.3 is 5.97 Å². The minimum absolute atomic E-state index is 0.127. The number of carboxylic acid groups (broad SMARTS) is 1. The maximum Gasteiger partial charge on any atom is 0.331 e. The van der Waals surface area contributed by atoms with Crippen LogP contribution in [0.1, 0.15) is 22.8 Å². The molecule has 0 aliphatic heterocycles. The molecule has 0 spiro atoms. The van der Waals surface area contributed by atoms with E-state index in [1.54, 1.807) is 29.1 Å². The van der Waals surface area contributed by atoms with Crippen molar-refractivity contribution in [3.63, 3.8) is 0 Å². The van der Waals surface area contributed by atoms with Crippen LogP contribution in [-0.4, -0.2) is 46.0 Å². The third-order valence-corrected chi connectivity index (χ3v) is 3.50. The van der Waals surface area contributed by atoms with Crippen molar-refractivity contribution in [2.75, 3.05) is 13.7 Å². The predicted molar refractivity (Wildman–Crippen MR) is 83.7 cm³/mol. The topological polar surface area (TPSA) is 93.5 Å². The number of rotatable bonds is 6. The first-order valence-electron chi connectivity index (χ1n) is 7.03. The molecule has 2 aromatic rings. The van der Waals surface area contributed by atoms with Crippen molar-refractivity contribution in [2.24, 2.45) is 0 Å². The Hall–Kier alpha value is -2.67. The second-order valence-corrected chi connectivity index (χ2v) is 5.48. The van der Waals surface area contributed by atoms with Gasteiger partial charge in [-0.2, -0.15) is 5.10 Å². The highest BCUT2D eigenvalue weighted by atomic mass is 16.5. The Bertz CT molecular complexity index is 712. The third kappa shape index (κ3) is 3.57. The molecule has 1 unspecified atom stereocenters. The fourth-order valence-electron chi connectivity index (χ4n) is 2.23. The van der Waals surface area contributed by atoms with Crippen molar-refractivity contribution in [1.29, 1.82) is 0 Å². The zero-order valence-electron chi connectivity index (χ0n) is 13.2. The summed E-state index contributed by atoms with van der Waals surface area (Å²) in [7, 11) is 1.39. The smallest absolute Gasteiger partial charge is 0.331 e. The molecule has 0 radical (unpaired) electrons. The average molecular weight is 317 g/mol. The van der Waals surface area contributed by atoms with Crippen LogP contribution < -0.4 is 5.32 Å². The standard InChI is InChI=1S/C16H19N3O4/c1-11-9-12(5-6-13(11)19-8-4-7-17-19)14(20)18-16(2,10-23-3)15(21)22/h4-9H,10H2,1-3H3,(H,18,20)(H,21,22). The van der Waals surface area contributed by atoms with Gasteiger partial charge in [-0.05, 0) is 43.7 Å². The lowest BCUT2D eigenvalue weighted by atomic mass is 10.0. The molecule has 0 saturated heterocycles. The van der Waals surface area contributed by atoms with Crippen LogP contribution in [0.25, 0.3) is 5.69 Å². The van der Waals surface area contributed by atoms with Gasteiger partial charge in [-0.15, -0.1) is 0 Å². The maximum absolute atomic E-state index is 12.3. The number of carboxylic acids is 1. The van der Waals surface area contributed by atoms with E-state index < -0.39 is 17.4 Å². The lowest BCUT2D eigenvalue weighted by Crippen LogP contribution is -2.55. The summed E-state index contributed by atoms with van der Waals surface area (Å²) in [6, 6.07) is 6.91. The molecule has 1 aromatic heterocycles. The molecule has 0 saturated carbocycles. The number of carbonyl (C=O) groups is 2. The highest BCUT2D eigenvalue weighted by Gasteiger charge is 2.35. The largest absolute Gasteiger partial charge is 0.479 e. The predicted octanol–water partition coefficient (Wildman–Crippen LogP) is 1.40. The Morgan fingerprint density at radius 2 is 2.17 bits per heavy atom. The number of hydrogen-bond acceptors (Lipinski definition) is 4. The molecule has 0 aliphatic carbocycles. The van der Waals surface area contributed by atoms with Crippen molar-refractivity contribution < 1.29 is 19.4 Å². The molecule has 2 rings (SSSR count). The second-order valence-electron chi connectivity index (χ2n) is 5.48. The van der Waals surface area contributed by atoms with Crippen molar-refractivity contribution in [2.45, 2.75) is 19.4 Å². The van der Waals surface area contributed by atoms with E-state index in [2.05, 4.69) is 10.4 Å². The van der Waals surface area contributed by atoms with Gasteiger partial charge in [0.05, 0.1) is 12.3 Å². The van der Waals surface area contributed by atoms with Crippen molar-refractivity contribution >= 4 is 11.9 Å². The lowest BCUT2D eigenvalue weighted by molar-refractivity contribution is -0.145. The van der Waals surface area contributed by atoms with Crippen LogP contribution in [0.4, 0.5) is 0 Å². The molecule has 1 atom stereocenters. The highest BCUT2D eigenvalue weighted by Crippen LogP contribution is 2.16. The fraction of sp³-hybridized carbons (Fsp3) is 0.312. The van der Waals surface area contributed by atoms with E-state index in [1.165, 1.54) is 14.0 Å². The molecular formula is C16H19N3O4. The van der Waals surface area contributed by atoms with Gasteiger partial charge in [0.25, 0.3) is 5.91 Å². The molecule has 2 N–H and O–H groups in total. The second kappa shape index (κ2) is 6.62. The first-order chi connectivity index (χ1) is 10.9. The summed E-state index contributed by atoms with van der Waals surface area (Å²) in [6.07, 6.45) is 3.48. The van der Waals surface area contributed by atoms with Gasteiger partial charge in [0, 0.05) is 25.1 Å². The molecule has 23 heavy (non-hydrogen) atoms. The van der Waals surface area contributed by atoms with Gasteiger partial charge in [0.1, 0.15) is 0 Å². The number of benzene rings is 1. The SMILES string of the molecule is COCC(C)(NC(=O)c1ccc(-n2cccn2)c(C)c1)C(=O)O. The molecule has 1 aromatic carbocycles. The first kappa shape index (κ1) is 16.7. The van der Waals surface area contributed by atoms with Gasteiger partial charge in [0.2, 0.25) is 0 Å². The Morgan fingerprint density at radius 3 is 2.70 bits per heavy atom. The molecule has 1 amide bonds. The molecule has 7 nitrogen and oxygen atoms in total. The summed E-state index contributed by atoms with van der Waals surface area (Å²) in [4.78, 5) is 23.7. The van der Waals surface area contributed by atoms with Crippen LogP contribution in [0.5, 0.6) is 0 Å². The number of hydrogen-bond donors (Lipinski definition) is 2. The Balaban J connectivity index is 2.23. The minimum Gasteiger partial charge on any atom is -0.479 e.